The van der Waals surface area contributed by atoms with Gasteiger partial charge in [0.25, 0.3) is 0 Å². The quantitative estimate of drug-likeness (QED) is 0.550. The number of rotatable bonds is 4. The molecule has 0 amide bonds. The van der Waals surface area contributed by atoms with E-state index in [4.69, 9.17) is 10.2 Å². The molecule has 0 spiro atoms. The lowest BCUT2D eigenvalue weighted by atomic mass is 10.4. The average molecular weight is 227 g/mol. The molecular formula is C9H21ClNO3+. The maximum atomic E-state index is 9.25. The van der Waals surface area contributed by atoms with Crippen LogP contribution in [0.4, 0.5) is 0 Å². The molecule has 0 rings (SSSR count). The standard InChI is InChI=1S/C6H16NO.C3H4O2.ClH/c1-7(2,3)5-4-6-8;1-2-3(4)5;/h8H,4-6H2,1-3H3;2H,1H2,(H,4,5);1H/q+1;;. The van der Waals surface area contributed by atoms with Gasteiger partial charge in [-0.3, -0.25) is 0 Å². The monoisotopic (exact) mass is 226 g/mol. The predicted molar refractivity (Wildman–Crippen MR) is 59.7 cm³/mol. The summed E-state index contributed by atoms with van der Waals surface area (Å²) in [7, 11) is 6.36. The van der Waals surface area contributed by atoms with Crippen LogP contribution in [-0.4, -0.2) is 55.0 Å². The van der Waals surface area contributed by atoms with Crippen molar-refractivity contribution >= 4 is 18.4 Å². The molecule has 0 aromatic carbocycles. The van der Waals surface area contributed by atoms with Crippen LogP contribution in [0.5, 0.6) is 0 Å². The maximum Gasteiger partial charge on any atom is 0.327 e. The zero-order valence-electron chi connectivity index (χ0n) is 9.06. The molecule has 5 heteroatoms. The van der Waals surface area contributed by atoms with E-state index in [2.05, 4.69) is 27.7 Å². The molecule has 86 valence electrons. The molecule has 0 aliphatic carbocycles. The molecule has 2 N–H and O–H groups in total. The first-order valence-corrected chi connectivity index (χ1v) is 4.10. The van der Waals surface area contributed by atoms with E-state index in [1.807, 2.05) is 0 Å². The first kappa shape index (κ1) is 19.1. The van der Waals surface area contributed by atoms with Crippen LogP contribution in [-0.2, 0) is 4.79 Å². The summed E-state index contributed by atoms with van der Waals surface area (Å²) >= 11 is 0. The fraction of sp³-hybridized carbons (Fsp3) is 0.667. The molecule has 4 nitrogen and oxygen atoms in total. The SMILES string of the molecule is C=CC(=O)O.C[N+](C)(C)CCCO.Cl. The van der Waals surface area contributed by atoms with Crippen molar-refractivity contribution in [2.45, 2.75) is 6.42 Å². The van der Waals surface area contributed by atoms with E-state index in [9.17, 15) is 4.79 Å². The Morgan fingerprint density at radius 2 is 1.79 bits per heavy atom. The van der Waals surface area contributed by atoms with Crippen LogP contribution in [0.15, 0.2) is 12.7 Å². The smallest absolute Gasteiger partial charge is 0.327 e. The highest BCUT2D eigenvalue weighted by Crippen LogP contribution is 1.90. The highest BCUT2D eigenvalue weighted by Gasteiger charge is 2.03. The number of halogens is 1. The Labute approximate surface area is 91.8 Å². The van der Waals surface area contributed by atoms with Crippen LogP contribution in [0.1, 0.15) is 6.42 Å². The van der Waals surface area contributed by atoms with Crippen LogP contribution in [0, 0.1) is 0 Å². The second kappa shape index (κ2) is 10.5. The molecule has 0 bridgehead atoms. The van der Waals surface area contributed by atoms with E-state index in [1.54, 1.807) is 0 Å². The topological polar surface area (TPSA) is 57.5 Å². The summed E-state index contributed by atoms with van der Waals surface area (Å²) in [4.78, 5) is 9.25. The summed E-state index contributed by atoms with van der Waals surface area (Å²) in [5.74, 6) is -0.981. The van der Waals surface area contributed by atoms with Crippen molar-refractivity contribution in [3.63, 3.8) is 0 Å². The van der Waals surface area contributed by atoms with Gasteiger partial charge in [0, 0.05) is 19.1 Å². The highest BCUT2D eigenvalue weighted by atomic mass is 35.5. The van der Waals surface area contributed by atoms with E-state index in [0.29, 0.717) is 6.61 Å². The predicted octanol–water partition coefficient (Wildman–Crippen LogP) is 0.754. The molecule has 0 aromatic heterocycles. The minimum Gasteiger partial charge on any atom is -0.478 e. The van der Waals surface area contributed by atoms with Gasteiger partial charge in [-0.1, -0.05) is 6.58 Å². The number of hydrogen-bond acceptors (Lipinski definition) is 2. The minimum absolute atomic E-state index is 0. The summed E-state index contributed by atoms with van der Waals surface area (Å²) in [6.07, 6.45) is 1.74. The van der Waals surface area contributed by atoms with Gasteiger partial charge in [-0.05, 0) is 0 Å². The van der Waals surface area contributed by atoms with Crippen LogP contribution in [0.3, 0.4) is 0 Å². The summed E-state index contributed by atoms with van der Waals surface area (Å²) in [6, 6.07) is 0. The van der Waals surface area contributed by atoms with Gasteiger partial charge in [0.05, 0.1) is 27.7 Å². The van der Waals surface area contributed by atoms with Gasteiger partial charge in [-0.15, -0.1) is 12.4 Å². The Morgan fingerprint density at radius 3 is 1.86 bits per heavy atom. The third-order valence-electron chi connectivity index (χ3n) is 1.16. The second-order valence-corrected chi connectivity index (χ2v) is 3.63. The van der Waals surface area contributed by atoms with Crippen molar-refractivity contribution in [2.24, 2.45) is 0 Å². The van der Waals surface area contributed by atoms with Crippen molar-refractivity contribution in [3.05, 3.63) is 12.7 Å². The lowest BCUT2D eigenvalue weighted by Gasteiger charge is -2.22. The van der Waals surface area contributed by atoms with Gasteiger partial charge in [0.15, 0.2) is 0 Å². The number of nitrogens with zero attached hydrogens (tertiary/aromatic N) is 1. The first-order valence-electron chi connectivity index (χ1n) is 4.10. The Morgan fingerprint density at radius 1 is 1.43 bits per heavy atom. The third-order valence-corrected chi connectivity index (χ3v) is 1.16. The lowest BCUT2D eigenvalue weighted by molar-refractivity contribution is -0.870. The van der Waals surface area contributed by atoms with Gasteiger partial charge in [0.2, 0.25) is 0 Å². The second-order valence-electron chi connectivity index (χ2n) is 3.63. The van der Waals surface area contributed by atoms with Crippen molar-refractivity contribution < 1.29 is 19.5 Å². The fourth-order valence-corrected chi connectivity index (χ4v) is 0.545. The Hall–Kier alpha value is -0.580. The minimum atomic E-state index is -0.981. The van der Waals surface area contributed by atoms with Crippen LogP contribution < -0.4 is 0 Å². The molecule has 0 saturated carbocycles. The fourth-order valence-electron chi connectivity index (χ4n) is 0.545. The number of quaternary nitrogens is 1. The van der Waals surface area contributed by atoms with Crippen molar-refractivity contribution in [3.8, 4) is 0 Å². The number of carboxylic acid groups (broad SMARTS) is 1. The van der Waals surface area contributed by atoms with Gasteiger partial charge in [-0.25, -0.2) is 4.79 Å². The molecule has 0 saturated heterocycles. The maximum absolute atomic E-state index is 9.25. The first-order chi connectivity index (χ1) is 5.83. The molecule has 0 unspecified atom stereocenters. The van der Waals surface area contributed by atoms with Gasteiger partial charge >= 0.3 is 5.97 Å². The Kier molecular flexibility index (Phi) is 14.3. The molecule has 0 radical (unpaired) electrons. The molecule has 14 heavy (non-hydrogen) atoms. The highest BCUT2D eigenvalue weighted by molar-refractivity contribution is 5.85. The number of aliphatic carboxylic acids is 1. The zero-order valence-corrected chi connectivity index (χ0v) is 9.88. The van der Waals surface area contributed by atoms with Crippen molar-refractivity contribution in [1.29, 1.82) is 0 Å². The zero-order chi connectivity index (χ0) is 10.9. The largest absolute Gasteiger partial charge is 0.478 e. The van der Waals surface area contributed by atoms with E-state index in [1.165, 1.54) is 0 Å². The molecule has 0 heterocycles. The van der Waals surface area contributed by atoms with E-state index in [-0.39, 0.29) is 12.4 Å². The van der Waals surface area contributed by atoms with E-state index in [0.717, 1.165) is 23.5 Å². The van der Waals surface area contributed by atoms with Gasteiger partial charge < -0.3 is 14.7 Å². The Balaban J connectivity index is -0.000000177. The van der Waals surface area contributed by atoms with Crippen LogP contribution in [0.2, 0.25) is 0 Å². The number of aliphatic hydroxyl groups excluding tert-OH is 1. The summed E-state index contributed by atoms with van der Waals surface area (Å²) < 4.78 is 0.945. The number of hydrogen-bond donors (Lipinski definition) is 2. The number of carboxylic acids is 1. The summed E-state index contributed by atoms with van der Waals surface area (Å²) in [5.41, 5.74) is 0. The lowest BCUT2D eigenvalue weighted by Crippen LogP contribution is -2.35. The van der Waals surface area contributed by atoms with Gasteiger partial charge in [0.1, 0.15) is 0 Å². The Bertz CT molecular complexity index is 155. The molecule has 0 aliphatic rings. The van der Waals surface area contributed by atoms with Crippen molar-refractivity contribution in [1.82, 2.24) is 0 Å². The van der Waals surface area contributed by atoms with Crippen LogP contribution in [0.25, 0.3) is 0 Å². The van der Waals surface area contributed by atoms with E-state index >= 15 is 0 Å². The average Bonchev–Trinajstić information content (AvgIpc) is 2.00. The molecule has 0 aromatic rings. The number of carbonyl (C=O) groups is 1. The van der Waals surface area contributed by atoms with Crippen molar-refractivity contribution in [2.75, 3.05) is 34.3 Å². The molecule has 0 fully saturated rings. The number of aliphatic hydroxyl groups is 1. The third kappa shape index (κ3) is 30.1. The summed E-state index contributed by atoms with van der Waals surface area (Å²) in [6.45, 7) is 4.33. The van der Waals surface area contributed by atoms with Gasteiger partial charge in [-0.2, -0.15) is 0 Å². The normalized spacial score (nSPS) is 9.14. The molecular weight excluding hydrogens is 206 g/mol. The van der Waals surface area contributed by atoms with Crippen LogP contribution >= 0.6 is 12.4 Å². The summed E-state index contributed by atoms with van der Waals surface area (Å²) in [5, 5.41) is 16.0. The molecule has 0 atom stereocenters. The molecule has 0 aliphatic heterocycles. The van der Waals surface area contributed by atoms with E-state index < -0.39 is 5.97 Å².